The van der Waals surface area contributed by atoms with Crippen LogP contribution in [0.3, 0.4) is 0 Å². The van der Waals surface area contributed by atoms with Crippen molar-refractivity contribution in [2.75, 3.05) is 12.4 Å². The zero-order chi connectivity index (χ0) is 26.9. The van der Waals surface area contributed by atoms with Crippen LogP contribution in [0.2, 0.25) is 0 Å². The highest BCUT2D eigenvalue weighted by Gasteiger charge is 2.46. The van der Waals surface area contributed by atoms with Crippen molar-refractivity contribution in [3.63, 3.8) is 0 Å². The Morgan fingerprint density at radius 3 is 1.92 bits per heavy atom. The summed E-state index contributed by atoms with van der Waals surface area (Å²) >= 11 is 1.49. The quantitative estimate of drug-likeness (QED) is 0.233. The molecule has 192 valence electrons. The van der Waals surface area contributed by atoms with Crippen LogP contribution in [0.25, 0.3) is 10.2 Å². The number of hydrogen-bond donors (Lipinski definition) is 1. The van der Waals surface area contributed by atoms with Crippen LogP contribution in [-0.2, 0) is 14.3 Å². The average Bonchev–Trinajstić information content (AvgIpc) is 3.21. The summed E-state index contributed by atoms with van der Waals surface area (Å²) in [6.45, 7) is 6.13. The smallest absolute Gasteiger partial charge is 0.298 e. The summed E-state index contributed by atoms with van der Waals surface area (Å²) in [5.74, 6) is -0.124. The number of anilines is 1. The van der Waals surface area contributed by atoms with Crippen molar-refractivity contribution < 1.29 is 30.6 Å². The molecular formula is C25H25F3N2O4S2. The van der Waals surface area contributed by atoms with Crippen LogP contribution in [0.5, 0.6) is 0 Å². The summed E-state index contributed by atoms with van der Waals surface area (Å²) in [5.41, 5.74) is -0.0928. The van der Waals surface area contributed by atoms with E-state index in [1.165, 1.54) is 22.5 Å². The number of carbonyl (C=O) groups is 1. The Labute approximate surface area is 211 Å². The van der Waals surface area contributed by atoms with Gasteiger partial charge in [-0.05, 0) is 50.6 Å². The minimum atomic E-state index is -5.34. The Morgan fingerprint density at radius 1 is 0.889 bits per heavy atom. The van der Waals surface area contributed by atoms with E-state index in [1.807, 2.05) is 68.4 Å². The van der Waals surface area contributed by atoms with Gasteiger partial charge in [-0.3, -0.25) is 14.3 Å². The van der Waals surface area contributed by atoms with Crippen LogP contribution in [0.15, 0.2) is 72.8 Å². The van der Waals surface area contributed by atoms with E-state index in [0.717, 1.165) is 15.8 Å². The molecule has 1 heterocycles. The van der Waals surface area contributed by atoms with Crippen LogP contribution in [0, 0.1) is 20.8 Å². The first-order valence-corrected chi connectivity index (χ1v) is 12.7. The molecule has 0 aliphatic rings. The van der Waals surface area contributed by atoms with Crippen molar-refractivity contribution in [2.24, 2.45) is 0 Å². The summed E-state index contributed by atoms with van der Waals surface area (Å²) in [5, 5.41) is 3.49. The van der Waals surface area contributed by atoms with Crippen LogP contribution in [-0.4, -0.2) is 31.9 Å². The van der Waals surface area contributed by atoms with Crippen molar-refractivity contribution >= 4 is 42.7 Å². The first kappa shape index (κ1) is 29.0. The van der Waals surface area contributed by atoms with Gasteiger partial charge in [0, 0.05) is 5.56 Å². The van der Waals surface area contributed by atoms with Crippen molar-refractivity contribution in [1.82, 2.24) is 4.98 Å². The third kappa shape index (κ3) is 8.74. The number of fused-ring (bicyclic) bond motifs is 1. The fourth-order valence-electron chi connectivity index (χ4n) is 2.59. The summed E-state index contributed by atoms with van der Waals surface area (Å²) < 4.78 is 56.9. The third-order valence-electron chi connectivity index (χ3n) is 4.52. The number of benzene rings is 3. The average molecular weight is 539 g/mol. The number of amides is 1. The van der Waals surface area contributed by atoms with Gasteiger partial charge in [-0.1, -0.05) is 71.0 Å². The Bertz CT molecular complexity index is 1390. The van der Waals surface area contributed by atoms with Crippen LogP contribution >= 0.6 is 11.3 Å². The summed E-state index contributed by atoms with van der Waals surface area (Å²) in [6.07, 6.45) is 0. The molecule has 11 heteroatoms. The molecular weight excluding hydrogens is 513 g/mol. The van der Waals surface area contributed by atoms with Crippen molar-refractivity contribution in [3.05, 3.63) is 95.1 Å². The monoisotopic (exact) mass is 538 g/mol. The van der Waals surface area contributed by atoms with E-state index in [0.29, 0.717) is 17.8 Å². The second-order valence-corrected chi connectivity index (χ2v) is 10.3. The third-order valence-corrected chi connectivity index (χ3v) is 6.46. The van der Waals surface area contributed by atoms with Crippen LogP contribution in [0.1, 0.15) is 27.0 Å². The second-order valence-electron chi connectivity index (χ2n) is 7.53. The van der Waals surface area contributed by atoms with E-state index in [1.54, 1.807) is 0 Å². The van der Waals surface area contributed by atoms with Gasteiger partial charge in [-0.25, -0.2) is 4.98 Å². The lowest BCUT2D eigenvalue weighted by molar-refractivity contribution is -0.0526. The zero-order valence-electron chi connectivity index (χ0n) is 20.0. The molecule has 0 unspecified atom stereocenters. The number of rotatable bonds is 3. The molecule has 0 saturated carbocycles. The number of aromatic nitrogens is 1. The maximum Gasteiger partial charge on any atom is 0.523 e. The number of thiazole rings is 1. The number of carbonyl (C=O) groups excluding carboxylic acids is 1. The minimum absolute atomic E-state index is 0.124. The normalized spacial score (nSPS) is 11.1. The molecule has 0 atom stereocenters. The molecule has 6 nitrogen and oxygen atoms in total. The Morgan fingerprint density at radius 2 is 1.44 bits per heavy atom. The number of nitrogens with zero attached hydrogens (tertiary/aromatic N) is 1. The first-order chi connectivity index (χ1) is 16.8. The van der Waals surface area contributed by atoms with Gasteiger partial charge in [0.15, 0.2) is 5.13 Å². The van der Waals surface area contributed by atoms with Gasteiger partial charge in [0.05, 0.1) is 17.3 Å². The molecule has 0 fully saturated rings. The number of hydrogen-bond acceptors (Lipinski definition) is 6. The lowest BCUT2D eigenvalue weighted by atomic mass is 10.1. The fraction of sp³-hybridized carbons (Fsp3) is 0.200. The lowest BCUT2D eigenvalue weighted by Crippen LogP contribution is -2.23. The molecule has 4 rings (SSSR count). The molecule has 0 aliphatic heterocycles. The SMILES string of the molecule is COS(=O)(=O)C(F)(F)F.Cc1ccc(C(=O)Nc2nc3ccc(C)cc3s2)cc1.Cc1ccccc1. The van der Waals surface area contributed by atoms with E-state index >= 15 is 0 Å². The maximum absolute atomic E-state index is 12.1. The van der Waals surface area contributed by atoms with Gasteiger partial charge in [0.1, 0.15) is 0 Å². The highest BCUT2D eigenvalue weighted by molar-refractivity contribution is 7.87. The Balaban J connectivity index is 0.000000236. The van der Waals surface area contributed by atoms with Crippen LogP contribution < -0.4 is 5.32 Å². The zero-order valence-corrected chi connectivity index (χ0v) is 21.6. The van der Waals surface area contributed by atoms with Gasteiger partial charge >= 0.3 is 15.6 Å². The molecule has 3 aromatic carbocycles. The largest absolute Gasteiger partial charge is 0.523 e. The standard InChI is InChI=1S/C16H14N2OS.C7H8.C2H3F3O3S/c1-10-3-6-12(7-4-10)15(19)18-16-17-13-8-5-11(2)9-14(13)20-16;1-7-5-3-2-4-6-7;1-8-9(6,7)2(3,4)5/h3-9H,1-2H3,(H,17,18,19);2-6H,1H3;1H3. The molecule has 0 spiro atoms. The molecule has 0 bridgehead atoms. The predicted molar refractivity (Wildman–Crippen MR) is 137 cm³/mol. The number of nitrogens with one attached hydrogen (secondary N) is 1. The molecule has 0 saturated heterocycles. The maximum atomic E-state index is 12.1. The fourth-order valence-corrected chi connectivity index (χ4v) is 3.74. The van der Waals surface area contributed by atoms with E-state index in [4.69, 9.17) is 0 Å². The summed E-state index contributed by atoms with van der Waals surface area (Å²) in [4.78, 5) is 16.5. The van der Waals surface area contributed by atoms with E-state index < -0.39 is 15.6 Å². The van der Waals surface area contributed by atoms with Crippen LogP contribution in [0.4, 0.5) is 18.3 Å². The van der Waals surface area contributed by atoms with E-state index in [2.05, 4.69) is 39.6 Å². The Kier molecular flexibility index (Phi) is 10.1. The number of aryl methyl sites for hydroxylation is 3. The van der Waals surface area contributed by atoms with Gasteiger partial charge in [-0.15, -0.1) is 0 Å². The van der Waals surface area contributed by atoms with Gasteiger partial charge in [0.2, 0.25) is 0 Å². The number of halogens is 3. The molecule has 1 aromatic heterocycles. The highest BCUT2D eigenvalue weighted by atomic mass is 32.2. The summed E-state index contributed by atoms with van der Waals surface area (Å²) in [7, 11) is -4.89. The number of alkyl halides is 3. The Hall–Kier alpha value is -3.28. The molecule has 1 amide bonds. The van der Waals surface area contributed by atoms with E-state index in [-0.39, 0.29) is 5.91 Å². The molecule has 0 radical (unpaired) electrons. The first-order valence-electron chi connectivity index (χ1n) is 10.5. The second kappa shape index (κ2) is 12.6. The topological polar surface area (TPSA) is 85.4 Å². The van der Waals surface area contributed by atoms with Gasteiger partial charge in [-0.2, -0.15) is 21.6 Å². The van der Waals surface area contributed by atoms with E-state index in [9.17, 15) is 26.4 Å². The van der Waals surface area contributed by atoms with Gasteiger partial charge in [0.25, 0.3) is 5.91 Å². The molecule has 4 aromatic rings. The van der Waals surface area contributed by atoms with Crippen molar-refractivity contribution in [1.29, 1.82) is 0 Å². The predicted octanol–water partition coefficient (Wildman–Crippen LogP) is 6.64. The van der Waals surface area contributed by atoms with Crippen molar-refractivity contribution in [2.45, 2.75) is 26.3 Å². The molecule has 36 heavy (non-hydrogen) atoms. The minimum Gasteiger partial charge on any atom is -0.298 e. The van der Waals surface area contributed by atoms with Gasteiger partial charge < -0.3 is 0 Å². The molecule has 0 aliphatic carbocycles. The highest BCUT2D eigenvalue weighted by Crippen LogP contribution is 2.27. The summed E-state index contributed by atoms with van der Waals surface area (Å²) in [6, 6.07) is 23.8. The molecule has 1 N–H and O–H groups in total. The van der Waals surface area contributed by atoms with Crippen molar-refractivity contribution in [3.8, 4) is 0 Å². The lowest BCUT2D eigenvalue weighted by Gasteiger charge is -2.02.